The summed E-state index contributed by atoms with van der Waals surface area (Å²) in [5.41, 5.74) is 1.68. The zero-order chi connectivity index (χ0) is 11.8. The Morgan fingerprint density at radius 3 is 2.82 bits per heavy atom. The Kier molecular flexibility index (Phi) is 2.22. The Morgan fingerprint density at radius 2 is 2.00 bits per heavy atom. The third-order valence-corrected chi connectivity index (χ3v) is 2.60. The normalized spacial score (nSPS) is 10.9. The van der Waals surface area contributed by atoms with Crippen molar-refractivity contribution in [3.63, 3.8) is 0 Å². The van der Waals surface area contributed by atoms with Crippen LogP contribution in [0.15, 0.2) is 30.5 Å². The van der Waals surface area contributed by atoms with E-state index >= 15 is 0 Å². The molecule has 17 heavy (non-hydrogen) atoms. The highest BCUT2D eigenvalue weighted by atomic mass is 32.1. The van der Waals surface area contributed by atoms with E-state index in [9.17, 15) is 4.39 Å². The molecule has 0 fully saturated rings. The maximum absolute atomic E-state index is 13.6. The lowest BCUT2D eigenvalue weighted by Gasteiger charge is -1.96. The minimum Gasteiger partial charge on any atom is -0.335 e. The van der Waals surface area contributed by atoms with Gasteiger partial charge in [-0.2, -0.15) is 0 Å². The van der Waals surface area contributed by atoms with Gasteiger partial charge in [-0.05, 0) is 24.4 Å². The van der Waals surface area contributed by atoms with Gasteiger partial charge in [-0.1, -0.05) is 12.1 Å². The average Bonchev–Trinajstić information content (AvgIpc) is 2.72. The van der Waals surface area contributed by atoms with Gasteiger partial charge in [-0.15, -0.1) is 0 Å². The zero-order valence-electron chi connectivity index (χ0n) is 8.57. The van der Waals surface area contributed by atoms with Crippen LogP contribution in [0.3, 0.4) is 0 Å². The lowest BCUT2D eigenvalue weighted by molar-refractivity contribution is 0.630. The van der Waals surface area contributed by atoms with Crippen molar-refractivity contribution in [1.29, 1.82) is 0 Å². The number of aromatic amines is 2. The predicted molar refractivity (Wildman–Crippen MR) is 64.5 cm³/mol. The van der Waals surface area contributed by atoms with Crippen LogP contribution in [0.4, 0.5) is 4.39 Å². The molecule has 0 aliphatic heterocycles. The Balaban J connectivity index is 2.25. The lowest BCUT2D eigenvalue weighted by atomic mass is 10.2. The Bertz CT molecular complexity index is 746. The van der Waals surface area contributed by atoms with E-state index in [1.54, 1.807) is 24.4 Å². The number of benzene rings is 1. The van der Waals surface area contributed by atoms with Crippen LogP contribution in [0, 0.1) is 10.6 Å². The maximum atomic E-state index is 13.6. The molecule has 6 heteroatoms. The van der Waals surface area contributed by atoms with Gasteiger partial charge in [0.25, 0.3) is 0 Å². The quantitative estimate of drug-likeness (QED) is 0.649. The molecule has 0 atom stereocenters. The monoisotopic (exact) mass is 246 g/mol. The molecule has 2 heterocycles. The fraction of sp³-hybridized carbons (Fsp3) is 0. The molecular formula is C11H7FN4S. The van der Waals surface area contributed by atoms with Gasteiger partial charge >= 0.3 is 0 Å². The summed E-state index contributed by atoms with van der Waals surface area (Å²) in [4.78, 5) is 14.0. The lowest BCUT2D eigenvalue weighted by Crippen LogP contribution is -1.85. The van der Waals surface area contributed by atoms with E-state index in [1.165, 1.54) is 6.07 Å². The van der Waals surface area contributed by atoms with Crippen molar-refractivity contribution < 1.29 is 4.39 Å². The average molecular weight is 246 g/mol. The summed E-state index contributed by atoms with van der Waals surface area (Å²) in [5.74, 6) is 0.134. The van der Waals surface area contributed by atoms with Crippen molar-refractivity contribution in [1.82, 2.24) is 19.9 Å². The summed E-state index contributed by atoms with van der Waals surface area (Å²) >= 11 is 4.90. The van der Waals surface area contributed by atoms with Crippen LogP contribution in [0.1, 0.15) is 0 Å². The van der Waals surface area contributed by atoms with Crippen LogP contribution in [-0.4, -0.2) is 19.9 Å². The molecule has 2 aromatic heterocycles. The van der Waals surface area contributed by atoms with Crippen molar-refractivity contribution in [3.8, 4) is 11.4 Å². The summed E-state index contributed by atoms with van der Waals surface area (Å²) in [5, 5.41) is 0. The first-order valence-electron chi connectivity index (χ1n) is 4.94. The smallest absolute Gasteiger partial charge is 0.198 e. The number of imidazole rings is 1. The SMILES string of the molecule is Fc1ccccc1-c1nc2[nH]c(=S)ncc2[nH]1. The highest BCUT2D eigenvalue weighted by Gasteiger charge is 2.09. The largest absolute Gasteiger partial charge is 0.335 e. The molecule has 0 amide bonds. The molecule has 84 valence electrons. The Hall–Kier alpha value is -2.08. The molecule has 1 aromatic carbocycles. The molecule has 4 nitrogen and oxygen atoms in total. The van der Waals surface area contributed by atoms with Gasteiger partial charge < -0.3 is 9.97 Å². The predicted octanol–water partition coefficient (Wildman–Crippen LogP) is 2.82. The number of halogens is 1. The van der Waals surface area contributed by atoms with Crippen LogP contribution >= 0.6 is 12.2 Å². The summed E-state index contributed by atoms with van der Waals surface area (Å²) in [6.45, 7) is 0. The maximum Gasteiger partial charge on any atom is 0.198 e. The van der Waals surface area contributed by atoms with Crippen molar-refractivity contribution in [2.75, 3.05) is 0 Å². The molecule has 0 aliphatic carbocycles. The van der Waals surface area contributed by atoms with Gasteiger partial charge in [0, 0.05) is 0 Å². The molecule has 0 saturated carbocycles. The standard InChI is InChI=1S/C11H7FN4S/c12-7-4-2-1-3-6(7)9-14-8-5-13-11(17)16-10(8)15-9/h1-5H,(H2,13,14,15,16,17). The molecular weight excluding hydrogens is 239 g/mol. The Morgan fingerprint density at radius 1 is 1.18 bits per heavy atom. The third kappa shape index (κ3) is 1.72. The minimum absolute atomic E-state index is 0.321. The Labute approximate surface area is 101 Å². The highest BCUT2D eigenvalue weighted by molar-refractivity contribution is 7.71. The fourth-order valence-electron chi connectivity index (χ4n) is 1.61. The number of hydrogen-bond donors (Lipinski definition) is 2. The van der Waals surface area contributed by atoms with Crippen molar-refractivity contribution >= 4 is 23.4 Å². The van der Waals surface area contributed by atoms with Crippen molar-refractivity contribution in [2.24, 2.45) is 0 Å². The van der Waals surface area contributed by atoms with Crippen LogP contribution < -0.4 is 0 Å². The molecule has 0 saturated heterocycles. The summed E-state index contributed by atoms with van der Waals surface area (Å²) in [6.07, 6.45) is 1.57. The topological polar surface area (TPSA) is 57.4 Å². The van der Waals surface area contributed by atoms with Gasteiger partial charge in [0.15, 0.2) is 10.4 Å². The van der Waals surface area contributed by atoms with Gasteiger partial charge in [0.1, 0.15) is 17.2 Å². The number of fused-ring (bicyclic) bond motifs is 1. The van der Waals surface area contributed by atoms with Crippen molar-refractivity contribution in [2.45, 2.75) is 0 Å². The van der Waals surface area contributed by atoms with Crippen LogP contribution in [0.25, 0.3) is 22.6 Å². The number of hydrogen-bond acceptors (Lipinski definition) is 3. The fourth-order valence-corrected chi connectivity index (χ4v) is 1.76. The van der Waals surface area contributed by atoms with Crippen LogP contribution in [0.2, 0.25) is 0 Å². The zero-order valence-corrected chi connectivity index (χ0v) is 9.38. The van der Waals surface area contributed by atoms with Crippen LogP contribution in [-0.2, 0) is 0 Å². The number of nitrogens with zero attached hydrogens (tertiary/aromatic N) is 2. The number of nitrogens with one attached hydrogen (secondary N) is 2. The first kappa shape index (κ1) is 10.1. The molecule has 3 rings (SSSR count). The first-order chi connectivity index (χ1) is 8.24. The highest BCUT2D eigenvalue weighted by Crippen LogP contribution is 2.21. The molecule has 0 radical (unpaired) electrons. The second kappa shape index (κ2) is 3.74. The third-order valence-electron chi connectivity index (χ3n) is 2.40. The summed E-state index contributed by atoms with van der Waals surface area (Å²) in [6, 6.07) is 6.45. The van der Waals surface area contributed by atoms with E-state index in [2.05, 4.69) is 19.9 Å². The first-order valence-corrected chi connectivity index (χ1v) is 5.35. The molecule has 0 unspecified atom stereocenters. The second-order valence-electron chi connectivity index (χ2n) is 3.52. The molecule has 2 N–H and O–H groups in total. The van der Waals surface area contributed by atoms with E-state index in [4.69, 9.17) is 12.2 Å². The molecule has 0 aliphatic rings. The minimum atomic E-state index is -0.321. The number of rotatable bonds is 1. The van der Waals surface area contributed by atoms with Crippen LogP contribution in [0.5, 0.6) is 0 Å². The molecule has 0 spiro atoms. The van der Waals surface area contributed by atoms with E-state index < -0.39 is 0 Å². The van der Waals surface area contributed by atoms with Gasteiger partial charge in [0.05, 0.1) is 11.8 Å². The van der Waals surface area contributed by atoms with Gasteiger partial charge in [-0.3, -0.25) is 0 Å². The molecule has 0 bridgehead atoms. The van der Waals surface area contributed by atoms with E-state index in [-0.39, 0.29) is 5.82 Å². The molecule has 3 aromatic rings. The second-order valence-corrected chi connectivity index (χ2v) is 3.90. The summed E-state index contributed by atoms with van der Waals surface area (Å²) < 4.78 is 13.9. The number of aromatic nitrogens is 4. The van der Waals surface area contributed by atoms with Crippen molar-refractivity contribution in [3.05, 3.63) is 41.1 Å². The van der Waals surface area contributed by atoms with Gasteiger partial charge in [0.2, 0.25) is 0 Å². The van der Waals surface area contributed by atoms with E-state index in [0.717, 1.165) is 0 Å². The van der Waals surface area contributed by atoms with E-state index in [1.807, 2.05) is 0 Å². The van der Waals surface area contributed by atoms with E-state index in [0.29, 0.717) is 27.3 Å². The number of H-pyrrole nitrogens is 2. The summed E-state index contributed by atoms with van der Waals surface area (Å²) in [7, 11) is 0. The van der Waals surface area contributed by atoms with Gasteiger partial charge in [-0.25, -0.2) is 14.4 Å².